The van der Waals surface area contributed by atoms with Gasteiger partial charge in [0.15, 0.2) is 11.0 Å². The molecule has 8 heteroatoms. The summed E-state index contributed by atoms with van der Waals surface area (Å²) in [6.45, 7) is 4.39. The van der Waals surface area contributed by atoms with Gasteiger partial charge in [-0.2, -0.15) is 0 Å². The molecule has 2 atom stereocenters. The van der Waals surface area contributed by atoms with E-state index < -0.39 is 0 Å². The number of hydrogen-bond acceptors (Lipinski definition) is 5. The fraction of sp³-hybridized carbons (Fsp3) is 0.524. The highest BCUT2D eigenvalue weighted by Gasteiger charge is 2.23. The Kier molecular flexibility index (Phi) is 7.30. The van der Waals surface area contributed by atoms with Gasteiger partial charge in [0.25, 0.3) is 5.91 Å². The maximum atomic E-state index is 12.4. The number of aromatic nitrogens is 3. The van der Waals surface area contributed by atoms with Gasteiger partial charge in [-0.1, -0.05) is 49.7 Å². The van der Waals surface area contributed by atoms with Crippen molar-refractivity contribution in [3.8, 4) is 0 Å². The predicted octanol–water partition coefficient (Wildman–Crippen LogP) is 2.84. The summed E-state index contributed by atoms with van der Waals surface area (Å²) < 4.78 is 1.82. The Morgan fingerprint density at radius 3 is 2.72 bits per heavy atom. The highest BCUT2D eigenvalue weighted by Crippen LogP contribution is 2.24. The van der Waals surface area contributed by atoms with Gasteiger partial charge in [-0.15, -0.1) is 10.2 Å². The lowest BCUT2D eigenvalue weighted by Gasteiger charge is -2.29. The number of hydrogen-bond donors (Lipinski definition) is 2. The second-order valence-electron chi connectivity index (χ2n) is 7.68. The third kappa shape index (κ3) is 5.59. The zero-order chi connectivity index (χ0) is 20.8. The van der Waals surface area contributed by atoms with Crippen molar-refractivity contribution >= 4 is 23.6 Å². The van der Waals surface area contributed by atoms with Crippen molar-refractivity contribution in [2.45, 2.75) is 57.3 Å². The summed E-state index contributed by atoms with van der Waals surface area (Å²) in [5, 5.41) is 15.0. The van der Waals surface area contributed by atoms with E-state index in [0.717, 1.165) is 12.0 Å². The second kappa shape index (κ2) is 9.91. The quantitative estimate of drug-likeness (QED) is 0.679. The van der Waals surface area contributed by atoms with Gasteiger partial charge in [0, 0.05) is 18.7 Å². The monoisotopic (exact) mass is 415 g/mol. The third-order valence-corrected chi connectivity index (χ3v) is 6.53. The molecule has 7 nitrogen and oxygen atoms in total. The van der Waals surface area contributed by atoms with Crippen molar-refractivity contribution in [3.63, 3.8) is 0 Å². The van der Waals surface area contributed by atoms with Gasteiger partial charge < -0.3 is 15.2 Å². The zero-order valence-corrected chi connectivity index (χ0v) is 18.1. The van der Waals surface area contributed by atoms with E-state index in [1.165, 1.54) is 31.0 Å². The molecule has 0 aliphatic heterocycles. The highest BCUT2D eigenvalue weighted by atomic mass is 32.2. The number of amides is 2. The summed E-state index contributed by atoms with van der Waals surface area (Å²) >= 11 is 1.36. The molecule has 0 bridgehead atoms. The van der Waals surface area contributed by atoms with Crippen LogP contribution in [0.2, 0.25) is 0 Å². The standard InChI is InChI=1S/C21H29N5O2S/c1-14-8-4-6-10-16(14)20(28)22-12-18-24-25-21(26(18)3)29-13-19(27)23-17-11-7-5-9-15(17)2/h4,6,8,10,15,17H,5,7,9,11-13H2,1-3H3,(H,22,28)(H,23,27)/t15-,17+/m1/s1. The van der Waals surface area contributed by atoms with E-state index >= 15 is 0 Å². The number of aryl methyl sites for hydroxylation is 1. The van der Waals surface area contributed by atoms with Gasteiger partial charge in [0.05, 0.1) is 12.3 Å². The van der Waals surface area contributed by atoms with Crippen LogP contribution in [0.15, 0.2) is 29.4 Å². The maximum Gasteiger partial charge on any atom is 0.251 e. The number of nitrogens with zero attached hydrogens (tertiary/aromatic N) is 3. The van der Waals surface area contributed by atoms with Crippen molar-refractivity contribution in [2.24, 2.45) is 13.0 Å². The lowest BCUT2D eigenvalue weighted by Crippen LogP contribution is -2.41. The van der Waals surface area contributed by atoms with E-state index in [4.69, 9.17) is 0 Å². The van der Waals surface area contributed by atoms with Crippen LogP contribution < -0.4 is 10.6 Å². The molecule has 1 aromatic heterocycles. The Hall–Kier alpha value is -2.35. The predicted molar refractivity (Wildman–Crippen MR) is 114 cm³/mol. The van der Waals surface area contributed by atoms with Crippen LogP contribution in [0.5, 0.6) is 0 Å². The van der Waals surface area contributed by atoms with Gasteiger partial charge in [0.1, 0.15) is 0 Å². The van der Waals surface area contributed by atoms with Gasteiger partial charge in [-0.3, -0.25) is 9.59 Å². The van der Waals surface area contributed by atoms with Gasteiger partial charge in [-0.25, -0.2) is 0 Å². The molecular formula is C21H29N5O2S. The van der Waals surface area contributed by atoms with Gasteiger partial charge in [0.2, 0.25) is 5.91 Å². The first-order valence-corrected chi connectivity index (χ1v) is 11.1. The second-order valence-corrected chi connectivity index (χ2v) is 8.62. The van der Waals surface area contributed by atoms with E-state index in [1.54, 1.807) is 6.07 Å². The van der Waals surface area contributed by atoms with Crippen LogP contribution in [0.1, 0.15) is 54.4 Å². The van der Waals surface area contributed by atoms with E-state index in [-0.39, 0.29) is 24.4 Å². The van der Waals surface area contributed by atoms with Crippen LogP contribution in [0.3, 0.4) is 0 Å². The molecule has 0 unspecified atom stereocenters. The SMILES string of the molecule is Cc1ccccc1C(=O)NCc1nnc(SCC(=O)N[C@H]2CCCC[C@H]2C)n1C. The van der Waals surface area contributed by atoms with Gasteiger partial charge in [-0.05, 0) is 37.3 Å². The summed E-state index contributed by atoms with van der Waals surface area (Å²) in [5.74, 6) is 1.39. The van der Waals surface area contributed by atoms with Crippen LogP contribution in [0.25, 0.3) is 0 Å². The molecule has 0 spiro atoms. The normalized spacial score (nSPS) is 19.0. The molecule has 0 radical (unpaired) electrons. The van der Waals surface area contributed by atoms with Gasteiger partial charge >= 0.3 is 0 Å². The smallest absolute Gasteiger partial charge is 0.251 e. The van der Waals surface area contributed by atoms with Crippen molar-refractivity contribution in [1.82, 2.24) is 25.4 Å². The molecule has 0 saturated heterocycles. The Bertz CT molecular complexity index is 867. The molecule has 1 saturated carbocycles. The molecule has 156 valence electrons. The van der Waals surface area contributed by atoms with Crippen LogP contribution in [-0.2, 0) is 18.4 Å². The summed E-state index contributed by atoms with van der Waals surface area (Å²) in [6.07, 6.45) is 4.68. The van der Waals surface area contributed by atoms with Crippen molar-refractivity contribution in [2.75, 3.05) is 5.75 Å². The number of thioether (sulfide) groups is 1. The van der Waals surface area contributed by atoms with Crippen LogP contribution in [0, 0.1) is 12.8 Å². The largest absolute Gasteiger partial charge is 0.352 e. The van der Waals surface area contributed by atoms with Crippen molar-refractivity contribution < 1.29 is 9.59 Å². The Morgan fingerprint density at radius 1 is 1.21 bits per heavy atom. The minimum Gasteiger partial charge on any atom is -0.352 e. The maximum absolute atomic E-state index is 12.4. The molecule has 29 heavy (non-hydrogen) atoms. The van der Waals surface area contributed by atoms with Crippen molar-refractivity contribution in [1.29, 1.82) is 0 Å². The Balaban J connectivity index is 1.49. The zero-order valence-electron chi connectivity index (χ0n) is 17.3. The fourth-order valence-electron chi connectivity index (χ4n) is 3.62. The number of nitrogens with one attached hydrogen (secondary N) is 2. The van der Waals surface area contributed by atoms with Crippen molar-refractivity contribution in [3.05, 3.63) is 41.2 Å². The molecule has 1 aliphatic rings. The molecule has 1 fully saturated rings. The molecular weight excluding hydrogens is 386 g/mol. The molecule has 3 rings (SSSR count). The topological polar surface area (TPSA) is 88.9 Å². The first-order valence-electron chi connectivity index (χ1n) is 10.1. The fourth-order valence-corrected chi connectivity index (χ4v) is 4.36. The third-order valence-electron chi connectivity index (χ3n) is 5.51. The number of carbonyl (C=O) groups excluding carboxylic acids is 2. The molecule has 2 N–H and O–H groups in total. The van der Waals surface area contributed by atoms with E-state index in [2.05, 4.69) is 27.8 Å². The average molecular weight is 416 g/mol. The average Bonchev–Trinajstić information content (AvgIpc) is 3.06. The Labute approximate surface area is 176 Å². The lowest BCUT2D eigenvalue weighted by molar-refractivity contribution is -0.119. The first-order chi connectivity index (χ1) is 14.0. The molecule has 1 heterocycles. The molecule has 1 aromatic carbocycles. The number of benzene rings is 1. The Morgan fingerprint density at radius 2 is 1.97 bits per heavy atom. The number of rotatable bonds is 7. The van der Waals surface area contributed by atoms with Crippen LogP contribution in [-0.4, -0.2) is 38.4 Å². The minimum atomic E-state index is -0.138. The summed E-state index contributed by atoms with van der Waals surface area (Å²) in [4.78, 5) is 24.7. The molecule has 2 amide bonds. The number of carbonyl (C=O) groups is 2. The van der Waals surface area contributed by atoms with E-state index in [1.807, 2.05) is 36.7 Å². The summed E-state index contributed by atoms with van der Waals surface area (Å²) in [6, 6.07) is 7.74. The summed E-state index contributed by atoms with van der Waals surface area (Å²) in [5.41, 5.74) is 1.58. The highest BCUT2D eigenvalue weighted by molar-refractivity contribution is 7.99. The summed E-state index contributed by atoms with van der Waals surface area (Å²) in [7, 11) is 1.85. The molecule has 1 aliphatic carbocycles. The molecule has 2 aromatic rings. The van der Waals surface area contributed by atoms with Crippen LogP contribution in [0.4, 0.5) is 0 Å². The minimum absolute atomic E-state index is 0.0335. The lowest BCUT2D eigenvalue weighted by atomic mass is 9.86. The van der Waals surface area contributed by atoms with Crippen LogP contribution >= 0.6 is 11.8 Å². The van der Waals surface area contributed by atoms with E-state index in [9.17, 15) is 9.59 Å². The van der Waals surface area contributed by atoms with E-state index in [0.29, 0.717) is 28.2 Å². The first kappa shape index (κ1) is 21.4.